The van der Waals surface area contributed by atoms with Gasteiger partial charge >= 0.3 is 12.6 Å². The van der Waals surface area contributed by atoms with Gasteiger partial charge in [0, 0.05) is 35.6 Å². The third kappa shape index (κ3) is 6.41. The summed E-state index contributed by atoms with van der Waals surface area (Å²) in [5, 5.41) is 7.00. The maximum absolute atomic E-state index is 12.7. The van der Waals surface area contributed by atoms with E-state index in [0.29, 0.717) is 29.6 Å². The molecule has 180 valence electrons. The van der Waals surface area contributed by atoms with Gasteiger partial charge in [0.1, 0.15) is 0 Å². The number of amides is 1. The van der Waals surface area contributed by atoms with E-state index in [2.05, 4.69) is 20.2 Å². The van der Waals surface area contributed by atoms with E-state index in [1.165, 1.54) is 7.11 Å². The minimum Gasteiger partial charge on any atom is -0.493 e. The molecule has 1 aromatic heterocycles. The maximum Gasteiger partial charge on any atom is 0.387 e. The number of nitrogens with one attached hydrogen (secondary N) is 1. The molecule has 0 unspecified atom stereocenters. The van der Waals surface area contributed by atoms with Crippen molar-refractivity contribution >= 4 is 29.2 Å². The van der Waals surface area contributed by atoms with E-state index >= 15 is 0 Å². The molecule has 1 heterocycles. The molecule has 9 nitrogen and oxygen atoms in total. The first-order valence-electron chi connectivity index (χ1n) is 9.94. The lowest BCUT2D eigenvalue weighted by Gasteiger charge is -2.15. The van der Waals surface area contributed by atoms with Crippen molar-refractivity contribution in [2.75, 3.05) is 19.5 Å². The number of methoxy groups -OCH3 is 2. The number of hydrogen-bond donors (Lipinski definition) is 1. The minimum absolute atomic E-state index is 0.0241. The molecule has 3 rings (SSSR count). The number of carbonyl (C=O) groups excluding carboxylic acids is 2. The van der Waals surface area contributed by atoms with E-state index in [-0.39, 0.29) is 29.2 Å². The number of hydrogen-bond acceptors (Lipinski definition) is 8. The molecular weight excluding hydrogens is 476 g/mol. The number of alkyl halides is 2. The number of esters is 1. The summed E-state index contributed by atoms with van der Waals surface area (Å²) in [4.78, 5) is 28.8. The number of ether oxygens (including phenoxy) is 3. The van der Waals surface area contributed by atoms with Crippen molar-refractivity contribution in [1.29, 1.82) is 0 Å². The maximum atomic E-state index is 12.7. The molecule has 0 aliphatic heterocycles. The number of aromatic nitrogens is 2. The number of aryl methyl sites for hydroxylation is 1. The van der Waals surface area contributed by atoms with Crippen LogP contribution in [-0.2, 0) is 16.0 Å². The first kappa shape index (κ1) is 24.9. The second kappa shape index (κ2) is 11.4. The molecule has 0 atom stereocenters. The lowest BCUT2D eigenvalue weighted by atomic mass is 10.1. The molecule has 0 aliphatic rings. The van der Waals surface area contributed by atoms with Crippen LogP contribution in [0.1, 0.15) is 29.1 Å². The smallest absolute Gasteiger partial charge is 0.387 e. The molecule has 2 aromatic carbocycles. The largest absolute Gasteiger partial charge is 0.493 e. The van der Waals surface area contributed by atoms with Crippen LogP contribution >= 0.6 is 11.6 Å². The Bertz CT molecular complexity index is 1150. The predicted molar refractivity (Wildman–Crippen MR) is 117 cm³/mol. The summed E-state index contributed by atoms with van der Waals surface area (Å²) in [5.41, 5.74) is 0.587. The zero-order chi connectivity index (χ0) is 24.7. The van der Waals surface area contributed by atoms with Crippen molar-refractivity contribution in [3.8, 4) is 22.9 Å². The number of rotatable bonds is 10. The SMILES string of the molecule is COC(=O)c1cc(OC)c(OC(F)F)cc1NC(=O)CCCc1nc(-c2ccc(Cl)cc2)no1. The summed E-state index contributed by atoms with van der Waals surface area (Å²) >= 11 is 5.87. The molecule has 34 heavy (non-hydrogen) atoms. The van der Waals surface area contributed by atoms with Gasteiger partial charge in [-0.15, -0.1) is 0 Å². The van der Waals surface area contributed by atoms with Gasteiger partial charge < -0.3 is 24.1 Å². The molecular formula is C22H20ClF2N3O6. The van der Waals surface area contributed by atoms with E-state index in [1.807, 2.05) is 0 Å². The fraction of sp³-hybridized carbons (Fsp3) is 0.273. The van der Waals surface area contributed by atoms with Crippen molar-refractivity contribution < 1.29 is 37.1 Å². The molecule has 0 spiro atoms. The minimum atomic E-state index is -3.13. The van der Waals surface area contributed by atoms with Crippen LogP contribution in [0.4, 0.5) is 14.5 Å². The third-order valence-corrected chi connectivity index (χ3v) is 4.82. The Morgan fingerprint density at radius 2 is 1.88 bits per heavy atom. The van der Waals surface area contributed by atoms with Gasteiger partial charge in [0.25, 0.3) is 0 Å². The number of halogens is 3. The van der Waals surface area contributed by atoms with Crippen molar-refractivity contribution in [1.82, 2.24) is 10.1 Å². The molecule has 12 heteroatoms. The molecule has 0 fully saturated rings. The van der Waals surface area contributed by atoms with Gasteiger partial charge in [-0.1, -0.05) is 16.8 Å². The van der Waals surface area contributed by atoms with Crippen LogP contribution < -0.4 is 14.8 Å². The third-order valence-electron chi connectivity index (χ3n) is 4.56. The van der Waals surface area contributed by atoms with E-state index in [9.17, 15) is 18.4 Å². The Labute approximate surface area is 197 Å². The Kier molecular flexibility index (Phi) is 8.36. The van der Waals surface area contributed by atoms with Gasteiger partial charge in [0.15, 0.2) is 11.5 Å². The zero-order valence-corrected chi connectivity index (χ0v) is 18.9. The summed E-state index contributed by atoms with van der Waals surface area (Å²) in [6, 6.07) is 9.14. The summed E-state index contributed by atoms with van der Waals surface area (Å²) in [6.45, 7) is -3.13. The fourth-order valence-electron chi connectivity index (χ4n) is 2.98. The molecule has 0 saturated carbocycles. The Balaban J connectivity index is 1.65. The van der Waals surface area contributed by atoms with Crippen molar-refractivity contribution in [3.63, 3.8) is 0 Å². The second-order valence-corrected chi connectivity index (χ2v) is 7.28. The molecule has 0 aliphatic carbocycles. The van der Waals surface area contributed by atoms with Crippen LogP contribution in [0.25, 0.3) is 11.4 Å². The Morgan fingerprint density at radius 3 is 2.53 bits per heavy atom. The highest BCUT2D eigenvalue weighted by Crippen LogP contribution is 2.35. The van der Waals surface area contributed by atoms with Gasteiger partial charge in [-0.05, 0) is 30.7 Å². The fourth-order valence-corrected chi connectivity index (χ4v) is 3.10. The normalized spacial score (nSPS) is 10.8. The topological polar surface area (TPSA) is 113 Å². The van der Waals surface area contributed by atoms with Crippen molar-refractivity contribution in [2.24, 2.45) is 0 Å². The lowest BCUT2D eigenvalue weighted by molar-refractivity contribution is -0.116. The van der Waals surface area contributed by atoms with E-state index in [0.717, 1.165) is 24.8 Å². The molecule has 0 radical (unpaired) electrons. The van der Waals surface area contributed by atoms with Gasteiger partial charge in [0.05, 0.1) is 25.5 Å². The summed E-state index contributed by atoms with van der Waals surface area (Å²) in [5.74, 6) is -1.00. The second-order valence-electron chi connectivity index (χ2n) is 6.84. The molecule has 3 aromatic rings. The Morgan fingerprint density at radius 1 is 1.15 bits per heavy atom. The molecule has 0 saturated heterocycles. The average molecular weight is 496 g/mol. The quantitative estimate of drug-likeness (QED) is 0.401. The van der Waals surface area contributed by atoms with Crippen LogP contribution in [-0.4, -0.2) is 42.8 Å². The molecule has 1 amide bonds. The van der Waals surface area contributed by atoms with E-state index < -0.39 is 18.5 Å². The highest BCUT2D eigenvalue weighted by atomic mass is 35.5. The zero-order valence-electron chi connectivity index (χ0n) is 18.1. The highest BCUT2D eigenvalue weighted by Gasteiger charge is 2.21. The van der Waals surface area contributed by atoms with Crippen LogP contribution in [0.15, 0.2) is 40.9 Å². The van der Waals surface area contributed by atoms with Crippen LogP contribution in [0.5, 0.6) is 11.5 Å². The number of carbonyl (C=O) groups is 2. The highest BCUT2D eigenvalue weighted by molar-refractivity contribution is 6.30. The van der Waals surface area contributed by atoms with Crippen molar-refractivity contribution in [2.45, 2.75) is 25.9 Å². The summed E-state index contributed by atoms with van der Waals surface area (Å²) < 4.78 is 44.8. The average Bonchev–Trinajstić information content (AvgIpc) is 3.27. The van der Waals surface area contributed by atoms with Crippen LogP contribution in [0, 0.1) is 0 Å². The number of nitrogens with zero attached hydrogens (tertiary/aromatic N) is 2. The van der Waals surface area contributed by atoms with Gasteiger partial charge in [-0.3, -0.25) is 4.79 Å². The number of benzene rings is 2. The van der Waals surface area contributed by atoms with Gasteiger partial charge in [-0.25, -0.2) is 4.79 Å². The number of anilines is 1. The van der Waals surface area contributed by atoms with Gasteiger partial charge in [-0.2, -0.15) is 13.8 Å². The van der Waals surface area contributed by atoms with Crippen molar-refractivity contribution in [3.05, 3.63) is 52.9 Å². The molecule has 0 bridgehead atoms. The molecule has 1 N–H and O–H groups in total. The monoisotopic (exact) mass is 495 g/mol. The van der Waals surface area contributed by atoms with Crippen LogP contribution in [0.2, 0.25) is 5.02 Å². The lowest BCUT2D eigenvalue weighted by Crippen LogP contribution is -2.16. The summed E-state index contributed by atoms with van der Waals surface area (Å²) in [6.07, 6.45) is 0.689. The van der Waals surface area contributed by atoms with E-state index in [1.54, 1.807) is 24.3 Å². The first-order chi connectivity index (χ1) is 16.3. The Hall–Kier alpha value is -3.73. The van der Waals surface area contributed by atoms with Gasteiger partial charge in [0.2, 0.25) is 17.6 Å². The predicted octanol–water partition coefficient (Wildman–Crippen LogP) is 4.75. The van der Waals surface area contributed by atoms with E-state index in [4.69, 9.17) is 25.6 Å². The summed E-state index contributed by atoms with van der Waals surface area (Å²) in [7, 11) is 2.37. The first-order valence-corrected chi connectivity index (χ1v) is 10.3. The van der Waals surface area contributed by atoms with Crippen LogP contribution in [0.3, 0.4) is 0 Å². The standard InChI is InChI=1S/C22H20ClF2N3O6/c1-31-16-10-14(21(30)32-2)15(11-17(16)33-22(24)25)26-18(29)4-3-5-19-27-20(28-34-19)12-6-8-13(23)9-7-12/h6-11,22H,3-5H2,1-2H3,(H,26,29).